The molecule has 0 aromatic rings. The number of aliphatic imine (C=N–C) groups is 1. The van der Waals surface area contributed by atoms with Crippen LogP contribution in [0.3, 0.4) is 0 Å². The highest BCUT2D eigenvalue weighted by Gasteiger charge is 2.13. The number of rotatable bonds is 1. The van der Waals surface area contributed by atoms with Crippen molar-refractivity contribution in [3.05, 3.63) is 48.9 Å². The minimum atomic E-state index is 0.639. The Morgan fingerprint density at radius 3 is 2.64 bits per heavy atom. The largest absolute Gasteiger partial charge is 0.303 e. The van der Waals surface area contributed by atoms with Crippen molar-refractivity contribution in [3.63, 3.8) is 0 Å². The van der Waals surface area contributed by atoms with Crippen LogP contribution in [0.4, 0.5) is 0 Å². The molecule has 14 heavy (non-hydrogen) atoms. The number of carbonyl (C=O) groups is 1. The van der Waals surface area contributed by atoms with E-state index in [-0.39, 0.29) is 0 Å². The van der Waals surface area contributed by atoms with Crippen LogP contribution in [0, 0.1) is 12.3 Å². The van der Waals surface area contributed by atoms with Crippen molar-refractivity contribution in [1.82, 2.24) is 0 Å². The summed E-state index contributed by atoms with van der Waals surface area (Å²) in [5, 5.41) is 0. The maximum absolute atomic E-state index is 9.17. The van der Waals surface area contributed by atoms with E-state index in [1.165, 1.54) is 5.92 Å². The Morgan fingerprint density at radius 1 is 1.29 bits per heavy atom. The molecule has 0 fully saturated rings. The molecule has 0 atom stereocenters. The number of nitrogens with zero attached hydrogens (tertiary/aromatic N) is 1. The second-order valence-electron chi connectivity index (χ2n) is 2.77. The summed E-state index contributed by atoms with van der Waals surface area (Å²) >= 11 is 0. The Morgan fingerprint density at radius 2 is 2.00 bits per heavy atom. The van der Waals surface area contributed by atoms with Gasteiger partial charge in [0.15, 0.2) is 0 Å². The van der Waals surface area contributed by atoms with Crippen molar-refractivity contribution < 1.29 is 4.79 Å². The lowest BCUT2D eigenvalue weighted by molar-refractivity contribution is -0.107. The first-order chi connectivity index (χ1) is 6.88. The average molecular weight is 187 g/mol. The quantitative estimate of drug-likeness (QED) is 0.580. The molecule has 72 valence electrons. The molecular formula is C12H13NO. The zero-order valence-electron chi connectivity index (χ0n) is 8.18. The van der Waals surface area contributed by atoms with Gasteiger partial charge in [0.2, 0.25) is 0 Å². The molecule has 0 saturated carbocycles. The molecule has 0 unspecified atom stereocenters. The number of carbonyl (C=O) groups excluding carboxylic acids is 1. The molecule has 2 rings (SSSR count). The molecule has 0 spiro atoms. The van der Waals surface area contributed by atoms with Gasteiger partial charge in [0.05, 0.1) is 11.6 Å². The molecule has 0 amide bonds. The molecule has 0 aromatic carbocycles. The van der Waals surface area contributed by atoms with Gasteiger partial charge in [-0.2, -0.15) is 0 Å². The minimum absolute atomic E-state index is 0.639. The van der Waals surface area contributed by atoms with Gasteiger partial charge in [-0.15, -0.1) is 0 Å². The summed E-state index contributed by atoms with van der Waals surface area (Å²) in [6.45, 7) is 1.81. The molecular weight excluding hydrogens is 174 g/mol. The van der Waals surface area contributed by atoms with Crippen LogP contribution in [0.25, 0.3) is 0 Å². The third kappa shape index (κ3) is 3.13. The van der Waals surface area contributed by atoms with Crippen molar-refractivity contribution in [1.29, 1.82) is 0 Å². The third-order valence-electron chi connectivity index (χ3n) is 1.68. The molecule has 2 aliphatic rings. The smallest absolute Gasteiger partial charge is 0.119 e. The molecule has 1 aliphatic carbocycles. The number of allylic oxidation sites excluding steroid dienone is 5. The van der Waals surface area contributed by atoms with Crippen LogP contribution < -0.4 is 0 Å². The van der Waals surface area contributed by atoms with Gasteiger partial charge in [0.1, 0.15) is 6.29 Å². The van der Waals surface area contributed by atoms with Gasteiger partial charge in [-0.25, -0.2) is 0 Å². The maximum atomic E-state index is 9.17. The predicted octanol–water partition coefficient (Wildman–Crippen LogP) is 2.45. The second kappa shape index (κ2) is 6.08. The van der Waals surface area contributed by atoms with Crippen molar-refractivity contribution in [2.75, 3.05) is 0 Å². The van der Waals surface area contributed by atoms with E-state index in [2.05, 4.69) is 17.5 Å². The summed E-state index contributed by atoms with van der Waals surface area (Å²) in [7, 11) is 0. The molecule has 2 radical (unpaired) electrons. The first-order valence-electron chi connectivity index (χ1n) is 4.62. The second-order valence-corrected chi connectivity index (χ2v) is 2.77. The summed E-state index contributed by atoms with van der Waals surface area (Å²) in [4.78, 5) is 13.4. The third-order valence-corrected chi connectivity index (χ3v) is 1.68. The van der Waals surface area contributed by atoms with Gasteiger partial charge >= 0.3 is 0 Å². The Hall–Kier alpha value is -1.44. The van der Waals surface area contributed by atoms with E-state index in [1.54, 1.807) is 0 Å². The Kier molecular flexibility index (Phi) is 4.62. The van der Waals surface area contributed by atoms with Gasteiger partial charge in [-0.1, -0.05) is 31.2 Å². The topological polar surface area (TPSA) is 29.4 Å². The molecule has 0 N–H and O–H groups in total. The average Bonchev–Trinajstić information content (AvgIpc) is 2.30. The fraction of sp³-hybridized carbons (Fsp3) is 0.167. The van der Waals surface area contributed by atoms with Crippen LogP contribution in [0.2, 0.25) is 0 Å². The van der Waals surface area contributed by atoms with Crippen LogP contribution >= 0.6 is 0 Å². The van der Waals surface area contributed by atoms with E-state index in [9.17, 15) is 4.79 Å². The molecule has 0 aromatic heterocycles. The highest BCUT2D eigenvalue weighted by Crippen LogP contribution is 2.18. The van der Waals surface area contributed by atoms with Crippen LogP contribution in [0.15, 0.2) is 41.6 Å². The Bertz CT molecular complexity index is 297. The lowest BCUT2D eigenvalue weighted by Gasteiger charge is -2.14. The van der Waals surface area contributed by atoms with Crippen molar-refractivity contribution in [2.45, 2.75) is 13.3 Å². The van der Waals surface area contributed by atoms with E-state index in [0.29, 0.717) is 6.42 Å². The first-order valence-corrected chi connectivity index (χ1v) is 4.62. The summed E-state index contributed by atoms with van der Waals surface area (Å²) in [6, 6.07) is 0. The fourth-order valence-electron chi connectivity index (χ4n) is 1.02. The lowest BCUT2D eigenvalue weighted by atomic mass is 9.94. The monoisotopic (exact) mass is 187 g/mol. The van der Waals surface area contributed by atoms with Crippen molar-refractivity contribution >= 4 is 12.0 Å². The summed E-state index contributed by atoms with van der Waals surface area (Å²) in [5.41, 5.74) is 1.06. The van der Waals surface area contributed by atoms with Gasteiger partial charge in [-0.3, -0.25) is 4.99 Å². The van der Waals surface area contributed by atoms with Crippen molar-refractivity contribution in [2.24, 2.45) is 4.99 Å². The highest BCUT2D eigenvalue weighted by molar-refractivity contribution is 6.11. The SMILES string of the molecule is CCC=O.[CH]1C=CN=C2C=CC=C[C]12. The van der Waals surface area contributed by atoms with Gasteiger partial charge in [0.25, 0.3) is 0 Å². The Balaban J connectivity index is 0.000000213. The van der Waals surface area contributed by atoms with E-state index in [4.69, 9.17) is 0 Å². The summed E-state index contributed by atoms with van der Waals surface area (Å²) < 4.78 is 0. The van der Waals surface area contributed by atoms with Gasteiger partial charge in [-0.05, 0) is 6.08 Å². The van der Waals surface area contributed by atoms with E-state index in [0.717, 1.165) is 12.0 Å². The van der Waals surface area contributed by atoms with Crippen LogP contribution in [-0.2, 0) is 4.79 Å². The van der Waals surface area contributed by atoms with Crippen LogP contribution in [-0.4, -0.2) is 12.0 Å². The predicted molar refractivity (Wildman–Crippen MR) is 58.8 cm³/mol. The van der Waals surface area contributed by atoms with E-state index >= 15 is 0 Å². The molecule has 2 nitrogen and oxygen atoms in total. The summed E-state index contributed by atoms with van der Waals surface area (Å²) in [6.07, 6.45) is 15.4. The van der Waals surface area contributed by atoms with Gasteiger partial charge < -0.3 is 4.79 Å². The van der Waals surface area contributed by atoms with E-state index < -0.39 is 0 Å². The molecule has 0 saturated heterocycles. The first kappa shape index (κ1) is 10.6. The van der Waals surface area contributed by atoms with Crippen LogP contribution in [0.1, 0.15) is 13.3 Å². The number of hydrogen-bond donors (Lipinski definition) is 0. The number of aldehydes is 1. The highest BCUT2D eigenvalue weighted by atomic mass is 16.1. The van der Waals surface area contributed by atoms with Crippen LogP contribution in [0.5, 0.6) is 0 Å². The van der Waals surface area contributed by atoms with Gasteiger partial charge in [0, 0.05) is 19.0 Å². The lowest BCUT2D eigenvalue weighted by Crippen LogP contribution is -2.11. The summed E-state index contributed by atoms with van der Waals surface area (Å²) in [5.74, 6) is 1.20. The maximum Gasteiger partial charge on any atom is 0.119 e. The molecule has 1 aliphatic heterocycles. The number of fused-ring (bicyclic) bond motifs is 1. The zero-order valence-corrected chi connectivity index (χ0v) is 8.18. The minimum Gasteiger partial charge on any atom is -0.303 e. The Labute approximate surface area is 84.7 Å². The zero-order chi connectivity index (χ0) is 10.2. The molecule has 1 heterocycles. The molecule has 2 heteroatoms. The molecule has 0 bridgehead atoms. The normalized spacial score (nSPS) is 17.9. The van der Waals surface area contributed by atoms with E-state index in [1.807, 2.05) is 37.4 Å². The standard InChI is InChI=1S/C9H7N.C3H6O/c1-2-6-9-8(4-1)5-3-7-10-9;1-2-3-4/h1-7H;3H,2H2,1H3. The number of hydrogen-bond acceptors (Lipinski definition) is 2. The fourth-order valence-corrected chi connectivity index (χ4v) is 1.02. The van der Waals surface area contributed by atoms with Crippen molar-refractivity contribution in [3.8, 4) is 0 Å².